The summed E-state index contributed by atoms with van der Waals surface area (Å²) in [7, 11) is 3.98. The van der Waals surface area contributed by atoms with Crippen LogP contribution in [-0.4, -0.2) is 64.1 Å². The van der Waals surface area contributed by atoms with Crippen molar-refractivity contribution in [1.29, 1.82) is 0 Å². The molecule has 1 aromatic carbocycles. The number of hydrogen-bond acceptors (Lipinski definition) is 4. The average Bonchev–Trinajstić information content (AvgIpc) is 2.83. The second-order valence-electron chi connectivity index (χ2n) is 6.80. The predicted octanol–water partition coefficient (Wildman–Crippen LogP) is 1.64. The standard InChI is InChI=1S/C18H26N4O2/c1-13-9-22(10-14(2)24-13)18(23)12-20(3)11-17-19-15-7-5-6-8-16(15)21(17)4/h5-8,13-14H,9-12H2,1-4H3. The van der Waals surface area contributed by atoms with E-state index >= 15 is 0 Å². The third-order valence-electron chi connectivity index (χ3n) is 4.47. The van der Waals surface area contributed by atoms with E-state index in [1.807, 2.05) is 55.9 Å². The molecule has 6 heteroatoms. The topological polar surface area (TPSA) is 50.6 Å². The van der Waals surface area contributed by atoms with E-state index in [-0.39, 0.29) is 18.1 Å². The van der Waals surface area contributed by atoms with Gasteiger partial charge in [-0.25, -0.2) is 4.98 Å². The summed E-state index contributed by atoms with van der Waals surface area (Å²) < 4.78 is 7.79. The molecule has 1 aliphatic rings. The molecule has 6 nitrogen and oxygen atoms in total. The zero-order chi connectivity index (χ0) is 17.3. The SMILES string of the molecule is CC1CN(C(=O)CN(C)Cc2nc3ccccc3n2C)CC(C)O1. The van der Waals surface area contributed by atoms with Crippen molar-refractivity contribution < 1.29 is 9.53 Å². The molecular formula is C18H26N4O2. The van der Waals surface area contributed by atoms with Crippen LogP contribution in [0, 0.1) is 0 Å². The van der Waals surface area contributed by atoms with Crippen molar-refractivity contribution >= 4 is 16.9 Å². The number of morpholine rings is 1. The van der Waals surface area contributed by atoms with Crippen molar-refractivity contribution in [3.8, 4) is 0 Å². The lowest BCUT2D eigenvalue weighted by Crippen LogP contribution is -2.50. The van der Waals surface area contributed by atoms with E-state index in [2.05, 4.69) is 15.6 Å². The van der Waals surface area contributed by atoms with Gasteiger partial charge in [0, 0.05) is 20.1 Å². The van der Waals surface area contributed by atoms with Crippen LogP contribution in [0.3, 0.4) is 0 Å². The lowest BCUT2D eigenvalue weighted by atomic mass is 10.2. The van der Waals surface area contributed by atoms with Gasteiger partial charge in [0.25, 0.3) is 0 Å². The molecule has 0 aliphatic carbocycles. The summed E-state index contributed by atoms with van der Waals surface area (Å²) in [5, 5.41) is 0. The van der Waals surface area contributed by atoms with Crippen LogP contribution in [-0.2, 0) is 23.1 Å². The summed E-state index contributed by atoms with van der Waals surface area (Å²) >= 11 is 0. The number of rotatable bonds is 4. The number of benzene rings is 1. The molecule has 2 atom stereocenters. The van der Waals surface area contributed by atoms with Crippen LogP contribution in [0.5, 0.6) is 0 Å². The van der Waals surface area contributed by atoms with Gasteiger partial charge < -0.3 is 14.2 Å². The van der Waals surface area contributed by atoms with Crippen LogP contribution in [0.2, 0.25) is 0 Å². The van der Waals surface area contributed by atoms with Gasteiger partial charge in [-0.1, -0.05) is 12.1 Å². The Balaban J connectivity index is 1.63. The third kappa shape index (κ3) is 3.60. The minimum absolute atomic E-state index is 0.0999. The molecule has 0 spiro atoms. The maximum absolute atomic E-state index is 12.5. The van der Waals surface area contributed by atoms with Crippen LogP contribution in [0.4, 0.5) is 0 Å². The Kier molecular flexibility index (Phi) is 4.87. The highest BCUT2D eigenvalue weighted by atomic mass is 16.5. The number of carbonyl (C=O) groups is 1. The molecule has 1 fully saturated rings. The molecule has 0 bridgehead atoms. The Morgan fingerprint density at radius 1 is 1.29 bits per heavy atom. The average molecular weight is 330 g/mol. The first-order valence-electron chi connectivity index (χ1n) is 8.46. The van der Waals surface area contributed by atoms with Gasteiger partial charge in [0.2, 0.25) is 5.91 Å². The maximum Gasteiger partial charge on any atom is 0.236 e. The lowest BCUT2D eigenvalue weighted by molar-refractivity contribution is -0.144. The minimum atomic E-state index is 0.0999. The molecule has 24 heavy (non-hydrogen) atoms. The molecular weight excluding hydrogens is 304 g/mol. The molecule has 2 unspecified atom stereocenters. The molecule has 0 radical (unpaired) electrons. The van der Waals surface area contributed by atoms with Gasteiger partial charge in [0.15, 0.2) is 0 Å². The molecule has 0 saturated carbocycles. The highest BCUT2D eigenvalue weighted by Crippen LogP contribution is 2.16. The first-order valence-corrected chi connectivity index (χ1v) is 8.46. The Morgan fingerprint density at radius 3 is 2.62 bits per heavy atom. The van der Waals surface area contributed by atoms with Gasteiger partial charge in [0.05, 0.1) is 36.3 Å². The van der Waals surface area contributed by atoms with Crippen molar-refractivity contribution in [3.63, 3.8) is 0 Å². The number of likely N-dealkylation sites (N-methyl/N-ethyl adjacent to an activating group) is 1. The fraction of sp³-hybridized carbons (Fsp3) is 0.556. The summed E-state index contributed by atoms with van der Waals surface area (Å²) in [6, 6.07) is 8.09. The lowest BCUT2D eigenvalue weighted by Gasteiger charge is -2.36. The van der Waals surface area contributed by atoms with Crippen molar-refractivity contribution in [1.82, 2.24) is 19.4 Å². The zero-order valence-corrected chi connectivity index (χ0v) is 14.9. The number of imidazole rings is 1. The number of aromatic nitrogens is 2. The van der Waals surface area contributed by atoms with Gasteiger partial charge in [-0.2, -0.15) is 0 Å². The van der Waals surface area contributed by atoms with Gasteiger partial charge in [-0.15, -0.1) is 0 Å². The summed E-state index contributed by atoms with van der Waals surface area (Å²) in [6.45, 7) is 6.40. The number of nitrogens with zero attached hydrogens (tertiary/aromatic N) is 4. The molecule has 3 rings (SSSR count). The Bertz CT molecular complexity index is 717. The molecule has 2 heterocycles. The monoisotopic (exact) mass is 330 g/mol. The van der Waals surface area contributed by atoms with E-state index in [1.165, 1.54) is 0 Å². The second kappa shape index (κ2) is 6.91. The number of para-hydroxylation sites is 2. The number of carbonyl (C=O) groups excluding carboxylic acids is 1. The van der Waals surface area contributed by atoms with E-state index in [4.69, 9.17) is 4.74 Å². The number of ether oxygens (including phenoxy) is 1. The number of aryl methyl sites for hydroxylation is 1. The number of amides is 1. The van der Waals surface area contributed by atoms with E-state index in [1.54, 1.807) is 0 Å². The third-order valence-corrected chi connectivity index (χ3v) is 4.47. The van der Waals surface area contributed by atoms with Crippen LogP contribution < -0.4 is 0 Å². The normalized spacial score (nSPS) is 21.6. The quantitative estimate of drug-likeness (QED) is 0.855. The molecule has 1 amide bonds. The summed E-state index contributed by atoms with van der Waals surface area (Å²) in [5.41, 5.74) is 2.11. The first kappa shape index (κ1) is 16.9. The fourth-order valence-electron chi connectivity index (χ4n) is 3.35. The van der Waals surface area contributed by atoms with E-state index < -0.39 is 0 Å². The molecule has 1 saturated heterocycles. The van der Waals surface area contributed by atoms with Gasteiger partial charge in [0.1, 0.15) is 5.82 Å². The van der Waals surface area contributed by atoms with Crippen molar-refractivity contribution in [2.45, 2.75) is 32.6 Å². The van der Waals surface area contributed by atoms with Crippen LogP contribution in [0.15, 0.2) is 24.3 Å². The van der Waals surface area contributed by atoms with Crippen LogP contribution >= 0.6 is 0 Å². The smallest absolute Gasteiger partial charge is 0.236 e. The van der Waals surface area contributed by atoms with Gasteiger partial charge >= 0.3 is 0 Å². The van der Waals surface area contributed by atoms with Crippen molar-refractivity contribution in [2.75, 3.05) is 26.7 Å². The van der Waals surface area contributed by atoms with Gasteiger partial charge in [-0.05, 0) is 33.0 Å². The maximum atomic E-state index is 12.5. The second-order valence-corrected chi connectivity index (χ2v) is 6.80. The van der Waals surface area contributed by atoms with Gasteiger partial charge in [-0.3, -0.25) is 9.69 Å². The minimum Gasteiger partial charge on any atom is -0.372 e. The van der Waals surface area contributed by atoms with Crippen LogP contribution in [0.25, 0.3) is 11.0 Å². The molecule has 1 aromatic heterocycles. The van der Waals surface area contributed by atoms with E-state index in [9.17, 15) is 4.79 Å². The summed E-state index contributed by atoms with van der Waals surface area (Å²) in [5.74, 6) is 1.12. The zero-order valence-electron chi connectivity index (χ0n) is 14.9. The fourth-order valence-corrected chi connectivity index (χ4v) is 3.35. The van der Waals surface area contributed by atoms with E-state index in [0.717, 1.165) is 16.9 Å². The Hall–Kier alpha value is -1.92. The van der Waals surface area contributed by atoms with Crippen LogP contribution in [0.1, 0.15) is 19.7 Å². The first-order chi connectivity index (χ1) is 11.4. The van der Waals surface area contributed by atoms with Crippen molar-refractivity contribution in [2.24, 2.45) is 7.05 Å². The Labute approximate surface area is 143 Å². The summed E-state index contributed by atoms with van der Waals surface area (Å²) in [6.07, 6.45) is 0.200. The van der Waals surface area contributed by atoms with Crippen molar-refractivity contribution in [3.05, 3.63) is 30.1 Å². The highest BCUT2D eigenvalue weighted by molar-refractivity contribution is 5.78. The predicted molar refractivity (Wildman–Crippen MR) is 93.6 cm³/mol. The molecule has 1 aliphatic heterocycles. The molecule has 2 aromatic rings. The number of hydrogen-bond donors (Lipinski definition) is 0. The largest absolute Gasteiger partial charge is 0.372 e. The molecule has 0 N–H and O–H groups in total. The van der Waals surface area contributed by atoms with E-state index in [0.29, 0.717) is 26.2 Å². The molecule has 130 valence electrons. The number of fused-ring (bicyclic) bond motifs is 1. The Morgan fingerprint density at radius 2 is 1.96 bits per heavy atom. The highest BCUT2D eigenvalue weighted by Gasteiger charge is 2.26. The summed E-state index contributed by atoms with van der Waals surface area (Å²) in [4.78, 5) is 21.2.